The third-order valence-electron chi connectivity index (χ3n) is 3.51. The molecule has 19 heavy (non-hydrogen) atoms. The van der Waals surface area contributed by atoms with Crippen molar-refractivity contribution in [1.82, 2.24) is 0 Å². The van der Waals surface area contributed by atoms with Crippen LogP contribution in [-0.2, 0) is 0 Å². The quantitative estimate of drug-likeness (QED) is 0.613. The number of unbranched alkanes of at least 4 members (excludes halogenated alkanes) is 5. The fourth-order valence-electron chi connectivity index (χ4n) is 2.12. The molecule has 0 aromatic heterocycles. The maximum Gasteiger partial charge on any atom is 0.119 e. The molecule has 0 radical (unpaired) electrons. The number of rotatable bonds is 10. The predicted octanol–water partition coefficient (Wildman–Crippen LogP) is 4.84. The molecule has 0 saturated heterocycles. The fourth-order valence-corrected chi connectivity index (χ4v) is 2.12. The van der Waals surface area contributed by atoms with E-state index in [0.717, 1.165) is 25.2 Å². The molecule has 1 rings (SSSR count). The SMILES string of the molecule is CCCCCCCCOc1ccc([C@@H](N)CC)cc1. The van der Waals surface area contributed by atoms with Gasteiger partial charge in [0.15, 0.2) is 0 Å². The van der Waals surface area contributed by atoms with Gasteiger partial charge in [-0.1, -0.05) is 58.1 Å². The standard InChI is InChI=1S/C17H29NO/c1-3-5-6-7-8-9-14-19-16-12-10-15(11-13-16)17(18)4-2/h10-13,17H,3-9,14,18H2,1-2H3/t17-/m0/s1. The van der Waals surface area contributed by atoms with Crippen molar-refractivity contribution in [1.29, 1.82) is 0 Å². The molecule has 1 aromatic rings. The molecule has 0 aliphatic carbocycles. The average molecular weight is 263 g/mol. The first-order valence-corrected chi connectivity index (χ1v) is 7.76. The Labute approximate surface area is 118 Å². The first kappa shape index (κ1) is 16.0. The molecule has 0 heterocycles. The molecule has 0 spiro atoms. The van der Waals surface area contributed by atoms with Crippen molar-refractivity contribution in [2.24, 2.45) is 5.73 Å². The molecule has 0 aliphatic rings. The summed E-state index contributed by atoms with van der Waals surface area (Å²) in [5.74, 6) is 0.959. The lowest BCUT2D eigenvalue weighted by Gasteiger charge is -2.10. The van der Waals surface area contributed by atoms with Gasteiger partial charge in [-0.15, -0.1) is 0 Å². The Morgan fingerprint density at radius 2 is 1.58 bits per heavy atom. The normalized spacial score (nSPS) is 12.4. The lowest BCUT2D eigenvalue weighted by atomic mass is 10.1. The number of nitrogens with two attached hydrogens (primary N) is 1. The number of hydrogen-bond donors (Lipinski definition) is 1. The van der Waals surface area contributed by atoms with Gasteiger partial charge in [0, 0.05) is 6.04 Å². The Morgan fingerprint density at radius 3 is 2.21 bits per heavy atom. The van der Waals surface area contributed by atoms with Gasteiger partial charge < -0.3 is 10.5 Å². The van der Waals surface area contributed by atoms with E-state index < -0.39 is 0 Å². The van der Waals surface area contributed by atoms with E-state index in [0.29, 0.717) is 0 Å². The smallest absolute Gasteiger partial charge is 0.119 e. The predicted molar refractivity (Wildman–Crippen MR) is 82.5 cm³/mol. The van der Waals surface area contributed by atoms with Gasteiger partial charge in [0.05, 0.1) is 6.61 Å². The molecule has 108 valence electrons. The molecule has 0 saturated carbocycles. The second-order valence-electron chi connectivity index (χ2n) is 5.20. The lowest BCUT2D eigenvalue weighted by Crippen LogP contribution is -2.08. The van der Waals surface area contributed by atoms with Crippen molar-refractivity contribution in [2.75, 3.05) is 6.61 Å². The minimum atomic E-state index is 0.146. The molecule has 2 heteroatoms. The first-order valence-electron chi connectivity index (χ1n) is 7.76. The second-order valence-corrected chi connectivity index (χ2v) is 5.20. The molecule has 0 bridgehead atoms. The Bertz CT molecular complexity index is 321. The van der Waals surface area contributed by atoms with Gasteiger partial charge in [-0.2, -0.15) is 0 Å². The van der Waals surface area contributed by atoms with Crippen molar-refractivity contribution in [3.63, 3.8) is 0 Å². The number of benzene rings is 1. The Balaban J connectivity index is 2.16. The van der Waals surface area contributed by atoms with E-state index in [-0.39, 0.29) is 6.04 Å². The van der Waals surface area contributed by atoms with Crippen LogP contribution in [0.5, 0.6) is 5.75 Å². The minimum absolute atomic E-state index is 0.146. The van der Waals surface area contributed by atoms with Gasteiger partial charge in [-0.3, -0.25) is 0 Å². The largest absolute Gasteiger partial charge is 0.494 e. The highest BCUT2D eigenvalue weighted by molar-refractivity contribution is 5.28. The van der Waals surface area contributed by atoms with Gasteiger partial charge in [0.2, 0.25) is 0 Å². The summed E-state index contributed by atoms with van der Waals surface area (Å²) in [6, 6.07) is 8.35. The zero-order valence-corrected chi connectivity index (χ0v) is 12.5. The highest BCUT2D eigenvalue weighted by Crippen LogP contribution is 2.18. The Hall–Kier alpha value is -1.02. The highest BCUT2D eigenvalue weighted by atomic mass is 16.5. The van der Waals surface area contributed by atoms with Crippen molar-refractivity contribution >= 4 is 0 Å². The van der Waals surface area contributed by atoms with Crippen LogP contribution in [0.4, 0.5) is 0 Å². The molecule has 2 N–H and O–H groups in total. The summed E-state index contributed by atoms with van der Waals surface area (Å²) in [5, 5.41) is 0. The molecule has 0 amide bonds. The molecule has 1 aromatic carbocycles. The maximum absolute atomic E-state index is 5.98. The summed E-state index contributed by atoms with van der Waals surface area (Å²) < 4.78 is 5.74. The summed E-state index contributed by atoms with van der Waals surface area (Å²) in [6.07, 6.45) is 8.76. The average Bonchev–Trinajstić information content (AvgIpc) is 2.46. The third-order valence-corrected chi connectivity index (χ3v) is 3.51. The van der Waals surface area contributed by atoms with Crippen LogP contribution in [0.3, 0.4) is 0 Å². The summed E-state index contributed by atoms with van der Waals surface area (Å²) in [6.45, 7) is 5.18. The van der Waals surface area contributed by atoms with Gasteiger partial charge >= 0.3 is 0 Å². The maximum atomic E-state index is 5.98. The monoisotopic (exact) mass is 263 g/mol. The lowest BCUT2D eigenvalue weighted by molar-refractivity contribution is 0.304. The van der Waals surface area contributed by atoms with Gasteiger partial charge in [0.25, 0.3) is 0 Å². The van der Waals surface area contributed by atoms with E-state index in [2.05, 4.69) is 26.0 Å². The fraction of sp³-hybridized carbons (Fsp3) is 0.647. The van der Waals surface area contributed by atoms with E-state index in [1.54, 1.807) is 0 Å². The van der Waals surface area contributed by atoms with Crippen molar-refractivity contribution < 1.29 is 4.74 Å². The molecule has 2 nitrogen and oxygen atoms in total. The second kappa shape index (κ2) is 9.85. The molecular weight excluding hydrogens is 234 g/mol. The van der Waals surface area contributed by atoms with E-state index in [9.17, 15) is 0 Å². The minimum Gasteiger partial charge on any atom is -0.494 e. The van der Waals surface area contributed by atoms with Crippen LogP contribution in [0.15, 0.2) is 24.3 Å². The van der Waals surface area contributed by atoms with E-state index >= 15 is 0 Å². The summed E-state index contributed by atoms with van der Waals surface area (Å²) in [5.41, 5.74) is 7.17. The van der Waals surface area contributed by atoms with E-state index in [1.807, 2.05) is 12.1 Å². The number of hydrogen-bond acceptors (Lipinski definition) is 2. The zero-order chi connectivity index (χ0) is 13.9. The molecule has 1 atom stereocenters. The van der Waals surface area contributed by atoms with Gasteiger partial charge in [-0.05, 0) is 30.5 Å². The summed E-state index contributed by atoms with van der Waals surface area (Å²) in [4.78, 5) is 0. The van der Waals surface area contributed by atoms with Crippen LogP contribution in [-0.4, -0.2) is 6.61 Å². The first-order chi connectivity index (χ1) is 9.27. The Morgan fingerprint density at radius 1 is 0.947 bits per heavy atom. The third kappa shape index (κ3) is 6.63. The van der Waals surface area contributed by atoms with E-state index in [4.69, 9.17) is 10.5 Å². The van der Waals surface area contributed by atoms with Gasteiger partial charge in [0.1, 0.15) is 5.75 Å². The van der Waals surface area contributed by atoms with E-state index in [1.165, 1.54) is 37.7 Å². The molecule has 0 aliphatic heterocycles. The molecule has 0 fully saturated rings. The highest BCUT2D eigenvalue weighted by Gasteiger charge is 2.02. The van der Waals surface area contributed by atoms with Crippen molar-refractivity contribution in [2.45, 2.75) is 64.8 Å². The molecular formula is C17H29NO. The molecule has 0 unspecified atom stereocenters. The van der Waals surface area contributed by atoms with Crippen molar-refractivity contribution in [3.8, 4) is 5.75 Å². The van der Waals surface area contributed by atoms with Crippen LogP contribution < -0.4 is 10.5 Å². The number of ether oxygens (including phenoxy) is 1. The van der Waals surface area contributed by atoms with Gasteiger partial charge in [-0.25, -0.2) is 0 Å². The van der Waals surface area contributed by atoms with Crippen molar-refractivity contribution in [3.05, 3.63) is 29.8 Å². The summed E-state index contributed by atoms with van der Waals surface area (Å²) in [7, 11) is 0. The topological polar surface area (TPSA) is 35.2 Å². The zero-order valence-electron chi connectivity index (χ0n) is 12.5. The summed E-state index contributed by atoms with van der Waals surface area (Å²) >= 11 is 0. The van der Waals surface area contributed by atoms with Crippen LogP contribution in [0.25, 0.3) is 0 Å². The van der Waals surface area contributed by atoms with Crippen LogP contribution in [0, 0.1) is 0 Å². The van der Waals surface area contributed by atoms with Crippen LogP contribution in [0.1, 0.15) is 70.4 Å². The Kier molecular flexibility index (Phi) is 8.31. The van der Waals surface area contributed by atoms with Crippen LogP contribution >= 0.6 is 0 Å². The van der Waals surface area contributed by atoms with Crippen LogP contribution in [0.2, 0.25) is 0 Å².